The van der Waals surface area contributed by atoms with Crippen LogP contribution in [-0.2, 0) is 4.79 Å². The molecular formula is C18H21N3O3S. The molecule has 132 valence electrons. The fourth-order valence-corrected chi connectivity index (χ4v) is 4.12. The summed E-state index contributed by atoms with van der Waals surface area (Å²) >= 11 is 4.96. The Labute approximate surface area is 150 Å². The summed E-state index contributed by atoms with van der Waals surface area (Å²) in [7, 11) is 0. The summed E-state index contributed by atoms with van der Waals surface area (Å²) in [4.78, 5) is 30.3. The molecule has 0 unspecified atom stereocenters. The molecule has 1 aliphatic heterocycles. The Balaban J connectivity index is 1.44. The van der Waals surface area contributed by atoms with Crippen LogP contribution in [0.3, 0.4) is 0 Å². The van der Waals surface area contributed by atoms with Crippen LogP contribution in [0.15, 0.2) is 22.6 Å². The molecule has 1 atom stereocenters. The lowest BCUT2D eigenvalue weighted by Crippen LogP contribution is -2.45. The predicted octanol–water partition coefficient (Wildman–Crippen LogP) is 3.15. The Bertz CT molecular complexity index is 866. The van der Waals surface area contributed by atoms with Crippen molar-refractivity contribution in [3.8, 4) is 0 Å². The lowest BCUT2D eigenvalue weighted by molar-refractivity contribution is -0.131. The van der Waals surface area contributed by atoms with Crippen molar-refractivity contribution in [2.24, 2.45) is 0 Å². The van der Waals surface area contributed by atoms with Gasteiger partial charge in [-0.3, -0.25) is 9.59 Å². The second kappa shape index (κ2) is 6.63. The average molecular weight is 359 g/mol. The van der Waals surface area contributed by atoms with Gasteiger partial charge in [0.25, 0.3) is 10.7 Å². The van der Waals surface area contributed by atoms with E-state index in [1.165, 1.54) is 19.3 Å². The molecular weight excluding hydrogens is 338 g/mol. The fourth-order valence-electron chi connectivity index (χ4n) is 3.92. The second-order valence-electron chi connectivity index (χ2n) is 6.86. The molecule has 1 saturated carbocycles. The van der Waals surface area contributed by atoms with E-state index in [9.17, 15) is 9.59 Å². The zero-order valence-corrected chi connectivity index (χ0v) is 14.7. The second-order valence-corrected chi connectivity index (χ2v) is 7.23. The van der Waals surface area contributed by atoms with Gasteiger partial charge in [0.1, 0.15) is 6.04 Å². The standard InChI is InChI=1S/C18H21N3O3S/c22-16(11-6-7-13-15(10-11)24-18(25)20-13)19-14-8-9-21(17(14)23)12-4-2-1-3-5-12/h6-7,10,12,14H,1-5,8-9H2,(H,19,22)(H,20,25)/t14-/m1/s1. The van der Waals surface area contributed by atoms with Crippen LogP contribution < -0.4 is 5.32 Å². The number of carbonyl (C=O) groups is 2. The number of likely N-dealkylation sites (tertiary alicyclic amines) is 1. The molecule has 2 aliphatic rings. The van der Waals surface area contributed by atoms with Crippen LogP contribution in [0.5, 0.6) is 0 Å². The number of benzene rings is 1. The average Bonchev–Trinajstić information content (AvgIpc) is 3.17. The van der Waals surface area contributed by atoms with E-state index in [-0.39, 0.29) is 16.7 Å². The summed E-state index contributed by atoms with van der Waals surface area (Å²) in [5, 5.41) is 2.88. The Morgan fingerprint density at radius 1 is 1.24 bits per heavy atom. The van der Waals surface area contributed by atoms with E-state index in [0.29, 0.717) is 23.6 Å². The summed E-state index contributed by atoms with van der Waals surface area (Å²) < 4.78 is 5.35. The van der Waals surface area contributed by atoms with Gasteiger partial charge >= 0.3 is 0 Å². The van der Waals surface area contributed by atoms with Crippen molar-refractivity contribution in [2.45, 2.75) is 50.6 Å². The van der Waals surface area contributed by atoms with Gasteiger partial charge in [-0.05, 0) is 49.7 Å². The van der Waals surface area contributed by atoms with E-state index < -0.39 is 6.04 Å². The van der Waals surface area contributed by atoms with Crippen molar-refractivity contribution in [2.75, 3.05) is 6.54 Å². The third-order valence-electron chi connectivity index (χ3n) is 5.24. The van der Waals surface area contributed by atoms with Crippen LogP contribution in [0.2, 0.25) is 0 Å². The van der Waals surface area contributed by atoms with Gasteiger partial charge < -0.3 is 19.6 Å². The number of nitrogens with one attached hydrogen (secondary N) is 2. The zero-order chi connectivity index (χ0) is 17.4. The third-order valence-corrected chi connectivity index (χ3v) is 5.43. The fraction of sp³-hybridized carbons (Fsp3) is 0.500. The van der Waals surface area contributed by atoms with Gasteiger partial charge in [-0.1, -0.05) is 19.3 Å². The monoisotopic (exact) mass is 359 g/mol. The number of carbonyl (C=O) groups excluding carboxylic acids is 2. The molecule has 1 aliphatic carbocycles. The topological polar surface area (TPSA) is 78.3 Å². The maximum Gasteiger partial charge on any atom is 0.266 e. The zero-order valence-electron chi connectivity index (χ0n) is 13.9. The molecule has 1 aromatic carbocycles. The number of amides is 2. The van der Waals surface area contributed by atoms with Gasteiger partial charge in [-0.25, -0.2) is 0 Å². The highest BCUT2D eigenvalue weighted by atomic mass is 32.1. The third kappa shape index (κ3) is 3.20. The molecule has 4 rings (SSSR count). The number of hydrogen-bond acceptors (Lipinski definition) is 4. The summed E-state index contributed by atoms with van der Waals surface area (Å²) in [6, 6.07) is 5.03. The van der Waals surface area contributed by atoms with Crippen LogP contribution in [0, 0.1) is 4.84 Å². The maximum absolute atomic E-state index is 12.7. The number of nitrogens with zero attached hydrogens (tertiary/aromatic N) is 1. The summed E-state index contributed by atoms with van der Waals surface area (Å²) in [5.74, 6) is -0.200. The van der Waals surface area contributed by atoms with Gasteiger partial charge in [0.05, 0.1) is 5.52 Å². The first kappa shape index (κ1) is 16.3. The smallest absolute Gasteiger partial charge is 0.266 e. The van der Waals surface area contributed by atoms with Gasteiger partial charge in [-0.2, -0.15) is 0 Å². The minimum Gasteiger partial charge on any atom is -0.429 e. The molecule has 7 heteroatoms. The van der Waals surface area contributed by atoms with E-state index in [1.54, 1.807) is 18.2 Å². The Morgan fingerprint density at radius 2 is 2.04 bits per heavy atom. The van der Waals surface area contributed by atoms with E-state index in [0.717, 1.165) is 24.9 Å². The molecule has 0 radical (unpaired) electrons. The molecule has 2 aromatic rings. The highest BCUT2D eigenvalue weighted by molar-refractivity contribution is 7.71. The molecule has 0 spiro atoms. The largest absolute Gasteiger partial charge is 0.429 e. The Hall–Kier alpha value is -2.15. The van der Waals surface area contributed by atoms with Gasteiger partial charge in [-0.15, -0.1) is 0 Å². The van der Waals surface area contributed by atoms with Gasteiger partial charge in [0.2, 0.25) is 5.91 Å². The van der Waals surface area contributed by atoms with Crippen LogP contribution in [0.25, 0.3) is 11.1 Å². The number of rotatable bonds is 3. The van der Waals surface area contributed by atoms with Crippen LogP contribution in [0.4, 0.5) is 0 Å². The highest BCUT2D eigenvalue weighted by Crippen LogP contribution is 2.26. The van der Waals surface area contributed by atoms with Crippen molar-refractivity contribution < 1.29 is 14.0 Å². The van der Waals surface area contributed by atoms with Crippen molar-refractivity contribution in [1.29, 1.82) is 0 Å². The quantitative estimate of drug-likeness (QED) is 0.825. The van der Waals surface area contributed by atoms with Crippen LogP contribution in [0.1, 0.15) is 48.9 Å². The van der Waals surface area contributed by atoms with Gasteiger partial charge in [0.15, 0.2) is 5.58 Å². The first-order valence-electron chi connectivity index (χ1n) is 8.86. The van der Waals surface area contributed by atoms with E-state index in [1.807, 2.05) is 4.90 Å². The number of hydrogen-bond donors (Lipinski definition) is 2. The highest BCUT2D eigenvalue weighted by Gasteiger charge is 2.37. The number of aromatic amines is 1. The molecule has 2 fully saturated rings. The minimum atomic E-state index is -0.428. The SMILES string of the molecule is O=C(N[C@@H]1CCN(C2CCCCC2)C1=O)c1ccc2[nH]c(=S)oc2c1. The molecule has 1 aromatic heterocycles. The lowest BCUT2D eigenvalue weighted by atomic mass is 9.94. The van der Waals surface area contributed by atoms with Crippen molar-refractivity contribution >= 4 is 35.1 Å². The minimum absolute atomic E-state index is 0.0560. The summed E-state index contributed by atoms with van der Waals surface area (Å²) in [5.41, 5.74) is 1.76. The van der Waals surface area contributed by atoms with E-state index in [2.05, 4.69) is 10.3 Å². The normalized spacial score (nSPS) is 21.8. The van der Waals surface area contributed by atoms with Crippen LogP contribution in [-0.4, -0.2) is 40.3 Å². The Kier molecular flexibility index (Phi) is 4.33. The van der Waals surface area contributed by atoms with E-state index >= 15 is 0 Å². The van der Waals surface area contributed by atoms with Gasteiger partial charge in [0, 0.05) is 18.2 Å². The number of H-pyrrole nitrogens is 1. The molecule has 6 nitrogen and oxygen atoms in total. The Morgan fingerprint density at radius 3 is 2.84 bits per heavy atom. The first-order chi connectivity index (χ1) is 12.1. The molecule has 2 amide bonds. The predicted molar refractivity (Wildman–Crippen MR) is 95.9 cm³/mol. The van der Waals surface area contributed by atoms with Crippen molar-refractivity contribution in [3.05, 3.63) is 28.6 Å². The molecule has 0 bridgehead atoms. The molecule has 2 heterocycles. The molecule has 25 heavy (non-hydrogen) atoms. The maximum atomic E-state index is 12.7. The summed E-state index contributed by atoms with van der Waals surface area (Å²) in [6.07, 6.45) is 6.49. The molecule has 1 saturated heterocycles. The first-order valence-corrected chi connectivity index (χ1v) is 9.27. The van der Waals surface area contributed by atoms with E-state index in [4.69, 9.17) is 16.6 Å². The molecule has 2 N–H and O–H groups in total. The van der Waals surface area contributed by atoms with Crippen molar-refractivity contribution in [3.63, 3.8) is 0 Å². The number of aromatic nitrogens is 1. The number of oxazole rings is 1. The number of fused-ring (bicyclic) bond motifs is 1. The van der Waals surface area contributed by atoms with Crippen LogP contribution >= 0.6 is 12.2 Å². The van der Waals surface area contributed by atoms with Crippen molar-refractivity contribution in [1.82, 2.24) is 15.2 Å². The summed E-state index contributed by atoms with van der Waals surface area (Å²) in [6.45, 7) is 0.736. The lowest BCUT2D eigenvalue weighted by Gasteiger charge is -2.31.